The van der Waals surface area contributed by atoms with E-state index in [-0.39, 0.29) is 26.4 Å². The Morgan fingerprint density at radius 2 is 0.900 bits per heavy atom. The summed E-state index contributed by atoms with van der Waals surface area (Å²) in [5.41, 5.74) is 0. The zero-order valence-electron chi connectivity index (χ0n) is 12.2. The minimum Gasteiger partial charge on any atom is -0.378 e. The van der Waals surface area contributed by atoms with Crippen LogP contribution in [0.3, 0.4) is 0 Å². The van der Waals surface area contributed by atoms with Crippen molar-refractivity contribution in [2.75, 3.05) is 26.4 Å². The quantitative estimate of drug-likeness (QED) is 0.553. The van der Waals surface area contributed by atoms with Crippen LogP contribution in [-0.2, 0) is 27.2 Å². The molecule has 0 aliphatic heterocycles. The van der Waals surface area contributed by atoms with Crippen LogP contribution in [-0.4, -0.2) is 48.3 Å². The molecular formula is C10H24O8P2. The molecule has 0 radical (unpaired) electrons. The van der Waals surface area contributed by atoms with Gasteiger partial charge in [-0.25, -0.2) is 0 Å². The lowest BCUT2D eigenvalue weighted by atomic mass is 10.8. The second kappa shape index (κ2) is 9.28. The summed E-state index contributed by atoms with van der Waals surface area (Å²) in [6, 6.07) is 0. The third kappa shape index (κ3) is 5.20. The molecule has 8 nitrogen and oxygen atoms in total. The van der Waals surface area contributed by atoms with Gasteiger partial charge in [0, 0.05) is 0 Å². The van der Waals surface area contributed by atoms with Gasteiger partial charge in [-0.2, -0.15) is 0 Å². The number of hydrogen-bond acceptors (Lipinski definition) is 8. The fourth-order valence-corrected chi connectivity index (χ4v) is 5.26. The SMILES string of the molecule is CCOP(=O)(OCC)C(O)C(O)P(=O)(OCC)OCC. The standard InChI is InChI=1S/C10H24O8P2/c1-5-15-19(13,16-6-2)9(11)10(12)20(14,17-7-3)18-8-4/h9-12H,5-8H2,1-4H3. The largest absolute Gasteiger partial charge is 0.378 e. The van der Waals surface area contributed by atoms with Crippen molar-refractivity contribution < 1.29 is 37.4 Å². The summed E-state index contributed by atoms with van der Waals surface area (Å²) in [6.45, 7) is 6.18. The highest BCUT2D eigenvalue weighted by Gasteiger charge is 2.49. The summed E-state index contributed by atoms with van der Waals surface area (Å²) in [5, 5.41) is 20.0. The fraction of sp³-hybridized carbons (Fsp3) is 1.00. The monoisotopic (exact) mass is 334 g/mol. The van der Waals surface area contributed by atoms with Gasteiger partial charge in [0.05, 0.1) is 26.4 Å². The van der Waals surface area contributed by atoms with Crippen LogP contribution in [0.15, 0.2) is 0 Å². The van der Waals surface area contributed by atoms with Crippen molar-refractivity contribution in [1.29, 1.82) is 0 Å². The first-order valence-corrected chi connectivity index (χ1v) is 9.67. The van der Waals surface area contributed by atoms with Crippen LogP contribution in [0.1, 0.15) is 27.7 Å². The van der Waals surface area contributed by atoms with E-state index in [1.165, 1.54) is 0 Å². The molecule has 0 heterocycles. The molecule has 0 aromatic rings. The second-order valence-electron chi connectivity index (χ2n) is 3.58. The van der Waals surface area contributed by atoms with E-state index in [1.54, 1.807) is 27.7 Å². The van der Waals surface area contributed by atoms with Gasteiger partial charge in [0.1, 0.15) is 0 Å². The third-order valence-corrected chi connectivity index (χ3v) is 6.72. The predicted molar refractivity (Wildman–Crippen MR) is 73.7 cm³/mol. The van der Waals surface area contributed by atoms with Crippen LogP contribution in [0.2, 0.25) is 0 Å². The maximum Gasteiger partial charge on any atom is 0.362 e. The molecule has 0 aliphatic rings. The Bertz CT molecular complexity index is 307. The number of rotatable bonds is 11. The van der Waals surface area contributed by atoms with Gasteiger partial charge in [-0.15, -0.1) is 0 Å². The van der Waals surface area contributed by atoms with Crippen LogP contribution < -0.4 is 0 Å². The lowest BCUT2D eigenvalue weighted by molar-refractivity contribution is 0.0569. The third-order valence-electron chi connectivity index (χ3n) is 2.15. The minimum absolute atomic E-state index is 0.00533. The van der Waals surface area contributed by atoms with Gasteiger partial charge in [-0.05, 0) is 27.7 Å². The Morgan fingerprint density at radius 3 is 1.05 bits per heavy atom. The minimum atomic E-state index is -4.04. The molecule has 0 aliphatic carbocycles. The van der Waals surface area contributed by atoms with Gasteiger partial charge in [-0.3, -0.25) is 9.13 Å². The fourth-order valence-electron chi connectivity index (χ4n) is 1.43. The Hall–Kier alpha value is 0.220. The van der Waals surface area contributed by atoms with Crippen molar-refractivity contribution in [1.82, 2.24) is 0 Å². The molecule has 2 atom stereocenters. The summed E-state index contributed by atoms with van der Waals surface area (Å²) >= 11 is 0. The molecule has 0 amide bonds. The summed E-state index contributed by atoms with van der Waals surface area (Å²) in [6.07, 6.45) is 0. The highest BCUT2D eigenvalue weighted by molar-refractivity contribution is 7.58. The summed E-state index contributed by atoms with van der Waals surface area (Å²) in [7, 11) is -8.07. The van der Waals surface area contributed by atoms with E-state index in [0.717, 1.165) is 0 Å². The second-order valence-corrected chi connectivity index (χ2v) is 7.83. The van der Waals surface area contributed by atoms with Gasteiger partial charge in [0.15, 0.2) is 11.7 Å². The summed E-state index contributed by atoms with van der Waals surface area (Å²) in [4.78, 5) is 0. The summed E-state index contributed by atoms with van der Waals surface area (Å²) in [5.74, 6) is -4.04. The van der Waals surface area contributed by atoms with E-state index in [1.807, 2.05) is 0 Å². The van der Waals surface area contributed by atoms with E-state index in [4.69, 9.17) is 18.1 Å². The van der Waals surface area contributed by atoms with Crippen molar-refractivity contribution in [2.45, 2.75) is 39.4 Å². The van der Waals surface area contributed by atoms with Crippen LogP contribution >= 0.6 is 15.2 Å². The molecule has 2 unspecified atom stereocenters. The molecule has 0 saturated carbocycles. The number of hydrogen-bond donors (Lipinski definition) is 2. The van der Waals surface area contributed by atoms with Crippen molar-refractivity contribution in [3.63, 3.8) is 0 Å². The molecule has 2 N–H and O–H groups in total. The van der Waals surface area contributed by atoms with Gasteiger partial charge in [-0.1, -0.05) is 0 Å². The van der Waals surface area contributed by atoms with E-state index in [2.05, 4.69) is 0 Å². The molecule has 0 fully saturated rings. The number of aliphatic hydroxyl groups is 2. The van der Waals surface area contributed by atoms with E-state index in [0.29, 0.717) is 0 Å². The smallest absolute Gasteiger partial charge is 0.362 e. The molecule has 0 bridgehead atoms. The molecule has 0 aromatic carbocycles. The van der Waals surface area contributed by atoms with Gasteiger partial charge < -0.3 is 28.3 Å². The molecule has 122 valence electrons. The van der Waals surface area contributed by atoms with Crippen molar-refractivity contribution in [2.24, 2.45) is 0 Å². The summed E-state index contributed by atoms with van der Waals surface area (Å²) < 4.78 is 44.2. The number of aliphatic hydroxyl groups excluding tert-OH is 2. The van der Waals surface area contributed by atoms with E-state index in [9.17, 15) is 19.3 Å². The van der Waals surface area contributed by atoms with Crippen LogP contribution in [0, 0.1) is 0 Å². The Labute approximate surface area is 119 Å². The van der Waals surface area contributed by atoms with Crippen molar-refractivity contribution >= 4 is 15.2 Å². The molecule has 20 heavy (non-hydrogen) atoms. The maximum absolute atomic E-state index is 12.3. The average molecular weight is 334 g/mol. The molecule has 0 aromatic heterocycles. The molecule has 0 saturated heterocycles. The van der Waals surface area contributed by atoms with Crippen LogP contribution in [0.5, 0.6) is 0 Å². The molecule has 10 heteroatoms. The van der Waals surface area contributed by atoms with E-state index < -0.39 is 26.9 Å². The average Bonchev–Trinajstić information content (AvgIpc) is 2.38. The Kier molecular flexibility index (Phi) is 9.38. The Morgan fingerprint density at radius 1 is 0.700 bits per heavy atom. The molecule has 0 spiro atoms. The van der Waals surface area contributed by atoms with Crippen LogP contribution in [0.4, 0.5) is 0 Å². The van der Waals surface area contributed by atoms with E-state index >= 15 is 0 Å². The van der Waals surface area contributed by atoms with Crippen LogP contribution in [0.25, 0.3) is 0 Å². The maximum atomic E-state index is 12.3. The highest BCUT2D eigenvalue weighted by Crippen LogP contribution is 2.62. The highest BCUT2D eigenvalue weighted by atomic mass is 31.2. The van der Waals surface area contributed by atoms with Gasteiger partial charge in [0.2, 0.25) is 0 Å². The Balaban J connectivity index is 5.25. The van der Waals surface area contributed by atoms with Crippen molar-refractivity contribution in [3.8, 4) is 0 Å². The zero-order chi connectivity index (χ0) is 15.8. The normalized spacial score (nSPS) is 16.1. The van der Waals surface area contributed by atoms with Crippen molar-refractivity contribution in [3.05, 3.63) is 0 Å². The van der Waals surface area contributed by atoms with Gasteiger partial charge >= 0.3 is 15.2 Å². The zero-order valence-corrected chi connectivity index (χ0v) is 14.0. The lowest BCUT2D eigenvalue weighted by Crippen LogP contribution is -2.29. The topological polar surface area (TPSA) is 112 Å². The van der Waals surface area contributed by atoms with Gasteiger partial charge in [0.25, 0.3) is 0 Å². The lowest BCUT2D eigenvalue weighted by Gasteiger charge is -2.29. The molecular weight excluding hydrogens is 310 g/mol. The molecule has 0 rings (SSSR count). The first-order valence-electron chi connectivity index (χ1n) is 6.44. The first kappa shape index (κ1) is 20.2. The predicted octanol–water partition coefficient (Wildman–Crippen LogP) is 2.16. The first-order chi connectivity index (χ1) is 9.31.